The first-order valence-electron chi connectivity index (χ1n) is 7.35. The summed E-state index contributed by atoms with van der Waals surface area (Å²) in [4.78, 5) is 0. The van der Waals surface area contributed by atoms with Gasteiger partial charge in [-0.15, -0.1) is 0 Å². The molecule has 1 aliphatic carbocycles. The fraction of sp³-hybridized carbons (Fsp3) is 0.625. The summed E-state index contributed by atoms with van der Waals surface area (Å²) in [6.45, 7) is 5.87. The van der Waals surface area contributed by atoms with Crippen LogP contribution < -0.4 is 5.32 Å². The SMILES string of the molecule is CCOCCOCc1ccccc1CCNC1CC1. The Bertz CT molecular complexity index is 364. The zero-order valence-corrected chi connectivity index (χ0v) is 11.9. The summed E-state index contributed by atoms with van der Waals surface area (Å²) in [5.41, 5.74) is 2.70. The van der Waals surface area contributed by atoms with E-state index in [1.165, 1.54) is 24.0 Å². The Kier molecular flexibility index (Phi) is 6.34. The fourth-order valence-corrected chi connectivity index (χ4v) is 2.08. The average Bonchev–Trinajstić information content (AvgIpc) is 3.24. The highest BCUT2D eigenvalue weighted by Gasteiger charge is 2.19. The summed E-state index contributed by atoms with van der Waals surface area (Å²) in [7, 11) is 0. The summed E-state index contributed by atoms with van der Waals surface area (Å²) in [6.07, 6.45) is 3.78. The molecule has 1 N–H and O–H groups in total. The van der Waals surface area contributed by atoms with Crippen LogP contribution in [0.15, 0.2) is 24.3 Å². The van der Waals surface area contributed by atoms with Crippen LogP contribution in [0.2, 0.25) is 0 Å². The molecule has 0 aliphatic heterocycles. The topological polar surface area (TPSA) is 30.5 Å². The average molecular weight is 263 g/mol. The van der Waals surface area contributed by atoms with Crippen LogP contribution in [0.1, 0.15) is 30.9 Å². The Morgan fingerprint density at radius 3 is 2.58 bits per heavy atom. The maximum atomic E-state index is 5.66. The molecule has 2 rings (SSSR count). The monoisotopic (exact) mass is 263 g/mol. The maximum absolute atomic E-state index is 5.66. The van der Waals surface area contributed by atoms with Crippen molar-refractivity contribution in [1.29, 1.82) is 0 Å². The molecule has 3 nitrogen and oxygen atoms in total. The molecule has 1 aliphatic rings. The number of hydrogen-bond donors (Lipinski definition) is 1. The molecule has 0 aromatic heterocycles. The van der Waals surface area contributed by atoms with Gasteiger partial charge in [-0.1, -0.05) is 24.3 Å². The van der Waals surface area contributed by atoms with E-state index in [9.17, 15) is 0 Å². The molecule has 106 valence electrons. The van der Waals surface area contributed by atoms with Crippen LogP contribution in [0.3, 0.4) is 0 Å². The van der Waals surface area contributed by atoms with Crippen molar-refractivity contribution < 1.29 is 9.47 Å². The van der Waals surface area contributed by atoms with Crippen LogP contribution in [0.25, 0.3) is 0 Å². The molecule has 0 heterocycles. The quantitative estimate of drug-likeness (QED) is 0.658. The van der Waals surface area contributed by atoms with Crippen molar-refractivity contribution in [2.45, 2.75) is 38.8 Å². The second-order valence-corrected chi connectivity index (χ2v) is 5.00. The van der Waals surface area contributed by atoms with Crippen LogP contribution in [0.5, 0.6) is 0 Å². The van der Waals surface area contributed by atoms with Crippen LogP contribution in [-0.2, 0) is 22.5 Å². The smallest absolute Gasteiger partial charge is 0.0720 e. The zero-order chi connectivity index (χ0) is 13.3. The number of benzene rings is 1. The molecular formula is C16H25NO2. The predicted octanol–water partition coefficient (Wildman–Crippen LogP) is 2.53. The van der Waals surface area contributed by atoms with E-state index in [1.807, 2.05) is 6.92 Å². The van der Waals surface area contributed by atoms with Crippen molar-refractivity contribution in [3.63, 3.8) is 0 Å². The lowest BCUT2D eigenvalue weighted by Crippen LogP contribution is -2.19. The lowest BCUT2D eigenvalue weighted by Gasteiger charge is -2.10. The second kappa shape index (κ2) is 8.31. The molecule has 1 fully saturated rings. The van der Waals surface area contributed by atoms with Gasteiger partial charge in [-0.3, -0.25) is 0 Å². The van der Waals surface area contributed by atoms with Crippen molar-refractivity contribution in [2.75, 3.05) is 26.4 Å². The van der Waals surface area contributed by atoms with Crippen molar-refractivity contribution in [1.82, 2.24) is 5.32 Å². The van der Waals surface area contributed by atoms with Gasteiger partial charge in [0.15, 0.2) is 0 Å². The number of rotatable bonds is 10. The second-order valence-electron chi connectivity index (χ2n) is 5.00. The first kappa shape index (κ1) is 14.5. The molecule has 0 bridgehead atoms. The van der Waals surface area contributed by atoms with Crippen molar-refractivity contribution in [3.05, 3.63) is 35.4 Å². The van der Waals surface area contributed by atoms with Gasteiger partial charge in [-0.2, -0.15) is 0 Å². The Morgan fingerprint density at radius 2 is 1.84 bits per heavy atom. The highest BCUT2D eigenvalue weighted by Crippen LogP contribution is 2.18. The van der Waals surface area contributed by atoms with Crippen molar-refractivity contribution >= 4 is 0 Å². The largest absolute Gasteiger partial charge is 0.379 e. The minimum atomic E-state index is 0.669. The summed E-state index contributed by atoms with van der Waals surface area (Å²) in [6, 6.07) is 9.34. The first-order valence-corrected chi connectivity index (χ1v) is 7.35. The Balaban J connectivity index is 1.71. The molecule has 0 spiro atoms. The van der Waals surface area contributed by atoms with Gasteiger partial charge in [0.05, 0.1) is 19.8 Å². The highest BCUT2D eigenvalue weighted by atomic mass is 16.5. The molecule has 0 amide bonds. The van der Waals surface area contributed by atoms with Gasteiger partial charge in [0, 0.05) is 12.6 Å². The van der Waals surface area contributed by atoms with Gasteiger partial charge < -0.3 is 14.8 Å². The van der Waals surface area contributed by atoms with Crippen LogP contribution in [0.4, 0.5) is 0 Å². The molecule has 1 aromatic carbocycles. The van der Waals surface area contributed by atoms with Gasteiger partial charge in [0.25, 0.3) is 0 Å². The third kappa shape index (κ3) is 5.72. The zero-order valence-electron chi connectivity index (χ0n) is 11.9. The highest BCUT2D eigenvalue weighted by molar-refractivity contribution is 5.26. The van der Waals surface area contributed by atoms with E-state index in [0.717, 1.165) is 25.6 Å². The molecule has 0 radical (unpaired) electrons. The van der Waals surface area contributed by atoms with E-state index >= 15 is 0 Å². The van der Waals surface area contributed by atoms with Gasteiger partial charge in [-0.05, 0) is 43.9 Å². The summed E-state index contributed by atoms with van der Waals surface area (Å²) in [5, 5.41) is 3.56. The Labute approximate surface area is 116 Å². The number of nitrogens with one attached hydrogen (secondary N) is 1. The van der Waals surface area contributed by atoms with E-state index in [2.05, 4.69) is 29.6 Å². The van der Waals surface area contributed by atoms with Gasteiger partial charge in [0.2, 0.25) is 0 Å². The Morgan fingerprint density at radius 1 is 1.11 bits per heavy atom. The van der Waals surface area contributed by atoms with Gasteiger partial charge >= 0.3 is 0 Å². The van der Waals surface area contributed by atoms with E-state index in [4.69, 9.17) is 9.47 Å². The molecule has 1 aromatic rings. The lowest BCUT2D eigenvalue weighted by atomic mass is 10.1. The Hall–Kier alpha value is -0.900. The molecule has 0 atom stereocenters. The summed E-state index contributed by atoms with van der Waals surface area (Å²) in [5.74, 6) is 0. The van der Waals surface area contributed by atoms with E-state index < -0.39 is 0 Å². The maximum Gasteiger partial charge on any atom is 0.0720 e. The predicted molar refractivity (Wildman–Crippen MR) is 77.3 cm³/mol. The van der Waals surface area contributed by atoms with Gasteiger partial charge in [-0.25, -0.2) is 0 Å². The number of hydrogen-bond acceptors (Lipinski definition) is 3. The third-order valence-electron chi connectivity index (χ3n) is 3.36. The first-order chi connectivity index (χ1) is 9.40. The molecule has 1 saturated carbocycles. The van der Waals surface area contributed by atoms with Crippen molar-refractivity contribution in [2.24, 2.45) is 0 Å². The molecular weight excluding hydrogens is 238 g/mol. The molecule has 3 heteroatoms. The van der Waals surface area contributed by atoms with Crippen molar-refractivity contribution in [3.8, 4) is 0 Å². The summed E-state index contributed by atoms with van der Waals surface area (Å²) >= 11 is 0. The van der Waals surface area contributed by atoms with Crippen LogP contribution >= 0.6 is 0 Å². The normalized spacial score (nSPS) is 14.8. The molecule has 0 unspecified atom stereocenters. The molecule has 19 heavy (non-hydrogen) atoms. The van der Waals surface area contributed by atoms with Crippen LogP contribution in [0, 0.1) is 0 Å². The fourth-order valence-electron chi connectivity index (χ4n) is 2.08. The van der Waals surface area contributed by atoms with E-state index in [0.29, 0.717) is 19.8 Å². The van der Waals surface area contributed by atoms with Crippen LogP contribution in [-0.4, -0.2) is 32.4 Å². The minimum Gasteiger partial charge on any atom is -0.379 e. The van der Waals surface area contributed by atoms with E-state index in [-0.39, 0.29) is 0 Å². The minimum absolute atomic E-state index is 0.669. The molecule has 0 saturated heterocycles. The van der Waals surface area contributed by atoms with Gasteiger partial charge in [0.1, 0.15) is 0 Å². The number of ether oxygens (including phenoxy) is 2. The standard InChI is InChI=1S/C16H25NO2/c1-2-18-11-12-19-13-15-6-4-3-5-14(15)9-10-17-16-7-8-16/h3-6,16-17H,2,7-13H2,1H3. The third-order valence-corrected chi connectivity index (χ3v) is 3.36. The summed E-state index contributed by atoms with van der Waals surface area (Å²) < 4.78 is 10.9. The van der Waals surface area contributed by atoms with E-state index in [1.54, 1.807) is 0 Å². The lowest BCUT2D eigenvalue weighted by molar-refractivity contribution is 0.0450.